The number of benzene rings is 1. The van der Waals surface area contributed by atoms with Crippen LogP contribution in [0.15, 0.2) is 24.3 Å². The van der Waals surface area contributed by atoms with Crippen molar-refractivity contribution in [2.45, 2.75) is 6.54 Å². The van der Waals surface area contributed by atoms with Crippen molar-refractivity contribution < 1.29 is 9.47 Å². The molecule has 0 N–H and O–H groups in total. The monoisotopic (exact) mass is 257 g/mol. The Balaban J connectivity index is 2.63. The van der Waals surface area contributed by atoms with Crippen molar-refractivity contribution in [3.8, 4) is 5.75 Å². The summed E-state index contributed by atoms with van der Waals surface area (Å²) >= 11 is 5.80. The summed E-state index contributed by atoms with van der Waals surface area (Å²) in [5, 5.41) is 0. The van der Waals surface area contributed by atoms with Crippen LogP contribution in [0.2, 0.25) is 0 Å². The van der Waals surface area contributed by atoms with Gasteiger partial charge in [-0.05, 0) is 6.07 Å². The summed E-state index contributed by atoms with van der Waals surface area (Å²) in [6, 6.07) is 8.05. The average molecular weight is 258 g/mol. The third-order valence-electron chi connectivity index (χ3n) is 2.60. The van der Waals surface area contributed by atoms with Crippen LogP contribution in [0.4, 0.5) is 0 Å². The first-order chi connectivity index (χ1) is 8.31. The number of alkyl halides is 1. The van der Waals surface area contributed by atoms with Gasteiger partial charge in [0, 0.05) is 38.2 Å². The molecular weight excluding hydrogens is 238 g/mol. The Kier molecular flexibility index (Phi) is 7.01. The average Bonchev–Trinajstić information content (AvgIpc) is 2.37. The zero-order chi connectivity index (χ0) is 12.5. The number of ether oxygens (including phenoxy) is 2. The fourth-order valence-electron chi connectivity index (χ4n) is 1.68. The molecule has 17 heavy (non-hydrogen) atoms. The summed E-state index contributed by atoms with van der Waals surface area (Å²) in [5.74, 6) is 1.54. The molecule has 0 unspecified atom stereocenters. The number of methoxy groups -OCH3 is 2. The maximum absolute atomic E-state index is 5.80. The molecule has 1 rings (SSSR count). The Hall–Kier alpha value is -0.770. The second-order valence-electron chi connectivity index (χ2n) is 3.77. The quantitative estimate of drug-likeness (QED) is 0.668. The molecule has 0 atom stereocenters. The highest BCUT2D eigenvalue weighted by Gasteiger charge is 2.08. The molecule has 96 valence electrons. The number of nitrogens with zero attached hydrogens (tertiary/aromatic N) is 1. The van der Waals surface area contributed by atoms with Crippen LogP contribution in [0.5, 0.6) is 5.75 Å². The van der Waals surface area contributed by atoms with E-state index in [0.29, 0.717) is 12.5 Å². The molecule has 0 radical (unpaired) electrons. The van der Waals surface area contributed by atoms with Gasteiger partial charge in [-0.3, -0.25) is 4.90 Å². The van der Waals surface area contributed by atoms with Gasteiger partial charge in [-0.25, -0.2) is 0 Å². The van der Waals surface area contributed by atoms with E-state index in [1.165, 1.54) is 5.56 Å². The first kappa shape index (κ1) is 14.3. The molecule has 0 fully saturated rings. The number of halogens is 1. The van der Waals surface area contributed by atoms with E-state index in [1.54, 1.807) is 14.2 Å². The molecule has 0 amide bonds. The maximum atomic E-state index is 5.80. The minimum absolute atomic E-state index is 0.624. The zero-order valence-electron chi connectivity index (χ0n) is 10.5. The van der Waals surface area contributed by atoms with E-state index in [1.807, 2.05) is 18.2 Å². The number of hydrogen-bond donors (Lipinski definition) is 0. The lowest BCUT2D eigenvalue weighted by molar-refractivity contribution is 0.147. The number of hydrogen-bond acceptors (Lipinski definition) is 3. The van der Waals surface area contributed by atoms with Crippen LogP contribution in [0.1, 0.15) is 5.56 Å². The van der Waals surface area contributed by atoms with Crippen LogP contribution in [0.25, 0.3) is 0 Å². The largest absolute Gasteiger partial charge is 0.496 e. The first-order valence-electron chi connectivity index (χ1n) is 5.71. The van der Waals surface area contributed by atoms with Gasteiger partial charge in [0.1, 0.15) is 5.75 Å². The van der Waals surface area contributed by atoms with E-state index in [0.717, 1.165) is 25.4 Å². The topological polar surface area (TPSA) is 21.7 Å². The summed E-state index contributed by atoms with van der Waals surface area (Å²) in [4.78, 5) is 2.26. The molecule has 0 saturated heterocycles. The third-order valence-corrected chi connectivity index (χ3v) is 2.77. The van der Waals surface area contributed by atoms with E-state index in [4.69, 9.17) is 21.1 Å². The van der Waals surface area contributed by atoms with E-state index in [2.05, 4.69) is 11.0 Å². The smallest absolute Gasteiger partial charge is 0.123 e. The fraction of sp³-hybridized carbons (Fsp3) is 0.538. The SMILES string of the molecule is COCCN(CCCl)Cc1ccccc1OC. The van der Waals surface area contributed by atoms with Gasteiger partial charge in [0.05, 0.1) is 13.7 Å². The van der Waals surface area contributed by atoms with Crippen LogP contribution in [-0.4, -0.2) is 44.7 Å². The minimum atomic E-state index is 0.624. The molecule has 0 aliphatic rings. The molecule has 0 spiro atoms. The van der Waals surface area contributed by atoms with Crippen LogP contribution < -0.4 is 4.74 Å². The van der Waals surface area contributed by atoms with Gasteiger partial charge in [0.2, 0.25) is 0 Å². The van der Waals surface area contributed by atoms with Gasteiger partial charge in [-0.2, -0.15) is 0 Å². The highest BCUT2D eigenvalue weighted by molar-refractivity contribution is 6.18. The molecule has 0 aliphatic heterocycles. The molecule has 4 heteroatoms. The number of rotatable bonds is 8. The van der Waals surface area contributed by atoms with E-state index < -0.39 is 0 Å². The number of para-hydroxylation sites is 1. The molecule has 0 aliphatic carbocycles. The van der Waals surface area contributed by atoms with Crippen molar-refractivity contribution in [2.24, 2.45) is 0 Å². The Labute approximate surface area is 108 Å². The Bertz CT molecular complexity index is 320. The molecule has 1 aromatic carbocycles. The van der Waals surface area contributed by atoms with Crippen molar-refractivity contribution >= 4 is 11.6 Å². The predicted molar refractivity (Wildman–Crippen MR) is 70.9 cm³/mol. The summed E-state index contributed by atoms with van der Waals surface area (Å²) < 4.78 is 10.4. The van der Waals surface area contributed by atoms with Crippen molar-refractivity contribution in [1.29, 1.82) is 0 Å². The zero-order valence-corrected chi connectivity index (χ0v) is 11.2. The molecular formula is C13H20ClNO2. The predicted octanol–water partition coefficient (Wildman–Crippen LogP) is 2.38. The lowest BCUT2D eigenvalue weighted by Crippen LogP contribution is -2.29. The lowest BCUT2D eigenvalue weighted by atomic mass is 10.2. The van der Waals surface area contributed by atoms with Crippen LogP contribution >= 0.6 is 11.6 Å². The minimum Gasteiger partial charge on any atom is -0.496 e. The Morgan fingerprint density at radius 3 is 2.59 bits per heavy atom. The van der Waals surface area contributed by atoms with Gasteiger partial charge in [0.15, 0.2) is 0 Å². The van der Waals surface area contributed by atoms with Crippen molar-refractivity contribution in [2.75, 3.05) is 39.8 Å². The van der Waals surface area contributed by atoms with Crippen molar-refractivity contribution in [1.82, 2.24) is 4.90 Å². The second-order valence-corrected chi connectivity index (χ2v) is 4.15. The van der Waals surface area contributed by atoms with Crippen LogP contribution in [-0.2, 0) is 11.3 Å². The standard InChI is InChI=1S/C13H20ClNO2/c1-16-10-9-15(8-7-14)11-12-5-3-4-6-13(12)17-2/h3-6H,7-11H2,1-2H3. The van der Waals surface area contributed by atoms with Crippen LogP contribution in [0, 0.1) is 0 Å². The molecule has 3 nitrogen and oxygen atoms in total. The summed E-state index contributed by atoms with van der Waals surface area (Å²) in [6.45, 7) is 3.27. The highest BCUT2D eigenvalue weighted by atomic mass is 35.5. The maximum Gasteiger partial charge on any atom is 0.123 e. The third kappa shape index (κ3) is 4.94. The van der Waals surface area contributed by atoms with E-state index >= 15 is 0 Å². The van der Waals surface area contributed by atoms with Gasteiger partial charge in [-0.1, -0.05) is 18.2 Å². The van der Waals surface area contributed by atoms with Gasteiger partial charge < -0.3 is 9.47 Å². The summed E-state index contributed by atoms with van der Waals surface area (Å²) in [7, 11) is 3.40. The summed E-state index contributed by atoms with van der Waals surface area (Å²) in [6.07, 6.45) is 0. The molecule has 0 bridgehead atoms. The lowest BCUT2D eigenvalue weighted by Gasteiger charge is -2.21. The second kappa shape index (κ2) is 8.34. The summed E-state index contributed by atoms with van der Waals surface area (Å²) in [5.41, 5.74) is 1.18. The van der Waals surface area contributed by atoms with Crippen molar-refractivity contribution in [3.63, 3.8) is 0 Å². The molecule has 0 aromatic heterocycles. The Morgan fingerprint density at radius 2 is 1.94 bits per heavy atom. The first-order valence-corrected chi connectivity index (χ1v) is 6.24. The van der Waals surface area contributed by atoms with Gasteiger partial charge in [0.25, 0.3) is 0 Å². The van der Waals surface area contributed by atoms with E-state index in [9.17, 15) is 0 Å². The molecule has 0 heterocycles. The molecule has 1 aromatic rings. The molecule has 0 saturated carbocycles. The van der Waals surface area contributed by atoms with Crippen molar-refractivity contribution in [3.05, 3.63) is 29.8 Å². The van der Waals surface area contributed by atoms with E-state index in [-0.39, 0.29) is 0 Å². The Morgan fingerprint density at radius 1 is 1.18 bits per heavy atom. The van der Waals surface area contributed by atoms with Crippen LogP contribution in [0.3, 0.4) is 0 Å². The van der Waals surface area contributed by atoms with Gasteiger partial charge >= 0.3 is 0 Å². The van der Waals surface area contributed by atoms with Gasteiger partial charge in [-0.15, -0.1) is 11.6 Å². The normalized spacial score (nSPS) is 10.8. The fourth-order valence-corrected chi connectivity index (χ4v) is 1.92. The highest BCUT2D eigenvalue weighted by Crippen LogP contribution is 2.19.